The molecule has 4 heteroatoms. The molecule has 0 amide bonds. The van der Waals surface area contributed by atoms with Crippen LogP contribution >= 0.6 is 0 Å². The zero-order valence-corrected chi connectivity index (χ0v) is 7.93. The topological polar surface area (TPSA) is 52.6 Å². The van der Waals surface area contributed by atoms with Crippen molar-refractivity contribution in [2.75, 3.05) is 7.11 Å². The van der Waals surface area contributed by atoms with E-state index in [0.717, 1.165) is 12.8 Å². The Hall–Kier alpha value is -1.06. The van der Waals surface area contributed by atoms with Crippen molar-refractivity contribution in [2.24, 2.45) is 23.7 Å². The first-order chi connectivity index (χ1) is 6.72. The van der Waals surface area contributed by atoms with Gasteiger partial charge in [0.15, 0.2) is 0 Å². The quantitative estimate of drug-likeness (QED) is 0.568. The Labute approximate surface area is 81.6 Å². The molecule has 0 aromatic rings. The Kier molecular flexibility index (Phi) is 1.47. The third kappa shape index (κ3) is 0.792. The number of hydrogen-bond donors (Lipinski definition) is 0. The van der Waals surface area contributed by atoms with E-state index in [1.807, 2.05) is 0 Å². The van der Waals surface area contributed by atoms with Crippen LogP contribution < -0.4 is 0 Å². The highest BCUT2D eigenvalue weighted by Gasteiger charge is 2.64. The van der Waals surface area contributed by atoms with Crippen LogP contribution in [-0.2, 0) is 19.1 Å². The van der Waals surface area contributed by atoms with Gasteiger partial charge in [0.1, 0.15) is 6.10 Å². The number of hydrogen-bond acceptors (Lipinski definition) is 4. The van der Waals surface area contributed by atoms with Gasteiger partial charge in [-0.3, -0.25) is 9.59 Å². The predicted molar refractivity (Wildman–Crippen MR) is 45.1 cm³/mol. The van der Waals surface area contributed by atoms with Crippen LogP contribution in [0.2, 0.25) is 0 Å². The summed E-state index contributed by atoms with van der Waals surface area (Å²) in [6.45, 7) is 0. The Morgan fingerprint density at radius 1 is 1.50 bits per heavy atom. The second-order valence-corrected chi connectivity index (χ2v) is 4.45. The molecule has 0 unspecified atom stereocenters. The minimum Gasteiger partial charge on any atom is -0.469 e. The molecule has 4 nitrogen and oxygen atoms in total. The van der Waals surface area contributed by atoms with E-state index >= 15 is 0 Å². The number of carbonyl (C=O) groups excluding carboxylic acids is 2. The first-order valence-electron chi connectivity index (χ1n) is 5.00. The van der Waals surface area contributed by atoms with Crippen molar-refractivity contribution in [2.45, 2.75) is 18.9 Å². The van der Waals surface area contributed by atoms with Crippen molar-refractivity contribution in [1.82, 2.24) is 0 Å². The average Bonchev–Trinajstić information content (AvgIpc) is 2.75. The molecule has 1 heterocycles. The Morgan fingerprint density at radius 3 is 3.00 bits per heavy atom. The minimum absolute atomic E-state index is 0.0957. The highest BCUT2D eigenvalue weighted by Crippen LogP contribution is 2.57. The molecule has 2 aliphatic carbocycles. The van der Waals surface area contributed by atoms with Gasteiger partial charge in [0, 0.05) is 5.92 Å². The molecule has 14 heavy (non-hydrogen) atoms. The molecule has 1 aliphatic heterocycles. The van der Waals surface area contributed by atoms with E-state index in [9.17, 15) is 9.59 Å². The van der Waals surface area contributed by atoms with Crippen LogP contribution in [0, 0.1) is 23.7 Å². The lowest BCUT2D eigenvalue weighted by molar-refractivity contribution is -0.153. The smallest absolute Gasteiger partial charge is 0.310 e. The summed E-state index contributed by atoms with van der Waals surface area (Å²) in [6.07, 6.45) is 1.91. The summed E-state index contributed by atoms with van der Waals surface area (Å²) >= 11 is 0. The fraction of sp³-hybridized carbons (Fsp3) is 0.800. The number of ether oxygens (including phenoxy) is 2. The molecule has 0 N–H and O–H groups in total. The fourth-order valence-corrected chi connectivity index (χ4v) is 3.46. The van der Waals surface area contributed by atoms with E-state index < -0.39 is 0 Å². The predicted octanol–water partition coefficient (Wildman–Crippen LogP) is 0.357. The molecule has 1 saturated heterocycles. The van der Waals surface area contributed by atoms with Gasteiger partial charge in [-0.2, -0.15) is 0 Å². The monoisotopic (exact) mass is 196 g/mol. The van der Waals surface area contributed by atoms with Gasteiger partial charge >= 0.3 is 11.9 Å². The summed E-state index contributed by atoms with van der Waals surface area (Å²) in [7, 11) is 1.38. The Balaban J connectivity index is 1.95. The molecule has 0 aromatic carbocycles. The maximum atomic E-state index is 11.5. The number of fused-ring (bicyclic) bond motifs is 1. The van der Waals surface area contributed by atoms with Crippen LogP contribution in [0.25, 0.3) is 0 Å². The molecule has 0 aromatic heterocycles. The van der Waals surface area contributed by atoms with Crippen LogP contribution in [0.1, 0.15) is 12.8 Å². The van der Waals surface area contributed by atoms with E-state index in [0.29, 0.717) is 5.92 Å². The van der Waals surface area contributed by atoms with Gasteiger partial charge in [0.25, 0.3) is 0 Å². The van der Waals surface area contributed by atoms with Crippen LogP contribution in [0.4, 0.5) is 0 Å². The lowest BCUT2D eigenvalue weighted by Crippen LogP contribution is -2.32. The summed E-state index contributed by atoms with van der Waals surface area (Å²) in [5.41, 5.74) is 0. The number of esters is 2. The van der Waals surface area contributed by atoms with E-state index in [1.54, 1.807) is 0 Å². The summed E-state index contributed by atoms with van der Waals surface area (Å²) in [4.78, 5) is 23.0. The van der Waals surface area contributed by atoms with E-state index in [4.69, 9.17) is 9.47 Å². The molecule has 3 rings (SSSR count). The van der Waals surface area contributed by atoms with E-state index in [-0.39, 0.29) is 35.8 Å². The molecule has 2 saturated carbocycles. The van der Waals surface area contributed by atoms with Crippen molar-refractivity contribution < 1.29 is 19.1 Å². The van der Waals surface area contributed by atoms with Crippen molar-refractivity contribution in [3.8, 4) is 0 Å². The van der Waals surface area contributed by atoms with Crippen molar-refractivity contribution in [3.63, 3.8) is 0 Å². The van der Waals surface area contributed by atoms with Gasteiger partial charge in [0.05, 0.1) is 18.9 Å². The zero-order valence-electron chi connectivity index (χ0n) is 7.93. The maximum Gasteiger partial charge on any atom is 0.310 e. The van der Waals surface area contributed by atoms with Gasteiger partial charge in [0.2, 0.25) is 0 Å². The molecule has 0 spiro atoms. The molecule has 2 bridgehead atoms. The largest absolute Gasteiger partial charge is 0.469 e. The highest BCUT2D eigenvalue weighted by atomic mass is 16.6. The highest BCUT2D eigenvalue weighted by molar-refractivity contribution is 5.85. The summed E-state index contributed by atoms with van der Waals surface area (Å²) in [5, 5.41) is 0. The Morgan fingerprint density at radius 2 is 2.29 bits per heavy atom. The van der Waals surface area contributed by atoms with Crippen molar-refractivity contribution >= 4 is 11.9 Å². The summed E-state index contributed by atoms with van der Waals surface area (Å²) < 4.78 is 9.96. The molecule has 5 atom stereocenters. The zero-order chi connectivity index (χ0) is 9.87. The third-order valence-electron chi connectivity index (χ3n) is 3.96. The first-order valence-corrected chi connectivity index (χ1v) is 5.00. The molecule has 3 aliphatic rings. The SMILES string of the molecule is COC(=O)[C@@H]1[C@@H]2C[C@@H]3[C@@H]1C(=O)O[C@@H]3C2. The molecule has 76 valence electrons. The van der Waals surface area contributed by atoms with E-state index in [2.05, 4.69) is 0 Å². The lowest BCUT2D eigenvalue weighted by Gasteiger charge is -2.21. The van der Waals surface area contributed by atoms with Gasteiger partial charge in [-0.05, 0) is 18.8 Å². The maximum absolute atomic E-state index is 11.5. The normalized spacial score (nSPS) is 48.1. The standard InChI is InChI=1S/C10H12O4/c1-13-9(11)7-4-2-5-6(3-4)14-10(12)8(5)7/h4-8H,2-3H2,1H3/t4-,5+,6-,7-,8+/m1/s1. The minimum atomic E-state index is -0.236. The fourth-order valence-electron chi connectivity index (χ4n) is 3.46. The average molecular weight is 196 g/mol. The molecule has 0 radical (unpaired) electrons. The summed E-state index contributed by atoms with van der Waals surface area (Å²) in [6, 6.07) is 0. The second-order valence-electron chi connectivity index (χ2n) is 4.45. The van der Waals surface area contributed by atoms with Gasteiger partial charge in [-0.1, -0.05) is 0 Å². The molecular formula is C10H12O4. The van der Waals surface area contributed by atoms with Crippen molar-refractivity contribution in [1.29, 1.82) is 0 Å². The first kappa shape index (κ1) is 8.26. The number of methoxy groups -OCH3 is 1. The van der Waals surface area contributed by atoms with E-state index in [1.165, 1.54) is 7.11 Å². The number of rotatable bonds is 1. The second kappa shape index (κ2) is 2.49. The van der Waals surface area contributed by atoms with Crippen LogP contribution in [-0.4, -0.2) is 25.2 Å². The Bertz CT molecular complexity index is 309. The third-order valence-corrected chi connectivity index (χ3v) is 3.96. The van der Waals surface area contributed by atoms with Crippen LogP contribution in [0.3, 0.4) is 0 Å². The van der Waals surface area contributed by atoms with Gasteiger partial charge in [-0.15, -0.1) is 0 Å². The van der Waals surface area contributed by atoms with Crippen LogP contribution in [0.5, 0.6) is 0 Å². The van der Waals surface area contributed by atoms with Crippen molar-refractivity contribution in [3.05, 3.63) is 0 Å². The molecule has 3 fully saturated rings. The van der Waals surface area contributed by atoms with Gasteiger partial charge in [-0.25, -0.2) is 0 Å². The number of carbonyl (C=O) groups is 2. The molecular weight excluding hydrogens is 184 g/mol. The van der Waals surface area contributed by atoms with Crippen LogP contribution in [0.15, 0.2) is 0 Å². The lowest BCUT2D eigenvalue weighted by atomic mass is 9.80. The van der Waals surface area contributed by atoms with Gasteiger partial charge < -0.3 is 9.47 Å². The summed E-state index contributed by atoms with van der Waals surface area (Å²) in [5.74, 6) is -0.247.